The van der Waals surface area contributed by atoms with Gasteiger partial charge >= 0.3 is 0 Å². The maximum atomic E-state index is 2.30. The molecule has 0 saturated carbocycles. The summed E-state index contributed by atoms with van der Waals surface area (Å²) in [4.78, 5) is 0. The van der Waals surface area contributed by atoms with Gasteiger partial charge in [-0.15, -0.1) is 0 Å². The Bertz CT molecular complexity index is 64.4. The average Bonchev–Trinajstić information content (AvgIpc) is 1.89. The Hall–Kier alpha value is 0. The number of unbranched alkanes of at least 4 members (excludes halogenated alkanes) is 1. The minimum atomic E-state index is 0.802. The van der Waals surface area contributed by atoms with Gasteiger partial charge in [0.1, 0.15) is 0 Å². The zero-order valence-electron chi connectivity index (χ0n) is 7.91. The van der Waals surface area contributed by atoms with Gasteiger partial charge in [0, 0.05) is 0 Å². The molecule has 0 rings (SSSR count). The third kappa shape index (κ3) is 3.92. The van der Waals surface area contributed by atoms with Gasteiger partial charge in [0.05, 0.1) is 0 Å². The summed E-state index contributed by atoms with van der Waals surface area (Å²) in [5.74, 6) is 2.54. The molecule has 61 valence electrons. The van der Waals surface area contributed by atoms with Gasteiger partial charge in [-0.2, -0.15) is 0 Å². The van der Waals surface area contributed by atoms with Crippen LogP contribution in [0.5, 0.6) is 0 Å². The van der Waals surface area contributed by atoms with Crippen LogP contribution in [0.3, 0.4) is 0 Å². The van der Waals surface area contributed by atoms with Crippen LogP contribution in [-0.2, 0) is 0 Å². The zero-order valence-corrected chi connectivity index (χ0v) is 7.91. The van der Waals surface area contributed by atoms with Gasteiger partial charge in [-0.1, -0.05) is 40.5 Å². The van der Waals surface area contributed by atoms with Crippen LogP contribution < -0.4 is 0 Å². The summed E-state index contributed by atoms with van der Waals surface area (Å²) in [5, 5.41) is 0. The lowest BCUT2D eigenvalue weighted by Gasteiger charge is -2.17. The van der Waals surface area contributed by atoms with E-state index in [2.05, 4.69) is 27.7 Å². The fraction of sp³-hybridized carbons (Fsp3) is 0.900. The molecule has 0 fully saturated rings. The number of hydrogen-bond acceptors (Lipinski definition) is 0. The molecule has 10 heavy (non-hydrogen) atoms. The number of rotatable bonds is 5. The van der Waals surface area contributed by atoms with E-state index in [-0.39, 0.29) is 0 Å². The van der Waals surface area contributed by atoms with Crippen molar-refractivity contribution in [2.45, 2.75) is 53.4 Å². The Morgan fingerprint density at radius 1 is 1.20 bits per heavy atom. The second-order valence-corrected chi connectivity index (χ2v) is 3.27. The van der Waals surface area contributed by atoms with Crippen molar-refractivity contribution in [1.82, 2.24) is 0 Å². The van der Waals surface area contributed by atoms with Crippen molar-refractivity contribution in [3.63, 3.8) is 0 Å². The normalized spacial score (nSPS) is 11.4. The molecule has 0 saturated heterocycles. The third-order valence-electron chi connectivity index (χ3n) is 2.12. The maximum absolute atomic E-state index is 2.30. The fourth-order valence-electron chi connectivity index (χ4n) is 1.28. The number of hydrogen-bond donors (Lipinski definition) is 0. The summed E-state index contributed by atoms with van der Waals surface area (Å²) in [5.41, 5.74) is 0. The Morgan fingerprint density at radius 2 is 1.80 bits per heavy atom. The van der Waals surface area contributed by atoms with E-state index in [1.165, 1.54) is 25.7 Å². The summed E-state index contributed by atoms with van der Waals surface area (Å²) in [6.45, 7) is 9.13. The first-order valence-corrected chi connectivity index (χ1v) is 4.56. The molecular formula is C10H21. The van der Waals surface area contributed by atoms with Gasteiger partial charge in [-0.3, -0.25) is 0 Å². The lowest BCUT2D eigenvalue weighted by atomic mass is 9.89. The molecule has 0 amide bonds. The molecule has 1 radical (unpaired) electrons. The summed E-state index contributed by atoms with van der Waals surface area (Å²) in [7, 11) is 0. The van der Waals surface area contributed by atoms with Crippen LogP contribution in [0, 0.1) is 11.8 Å². The summed E-state index contributed by atoms with van der Waals surface area (Å²) in [6.07, 6.45) is 5.33. The molecule has 0 bridgehead atoms. The predicted molar refractivity (Wildman–Crippen MR) is 47.9 cm³/mol. The predicted octanol–water partition coefficient (Wildman–Crippen LogP) is 3.82. The summed E-state index contributed by atoms with van der Waals surface area (Å²) >= 11 is 0. The van der Waals surface area contributed by atoms with E-state index in [9.17, 15) is 0 Å². The van der Waals surface area contributed by atoms with Crippen LogP contribution in [0.15, 0.2) is 0 Å². The van der Waals surface area contributed by atoms with Gasteiger partial charge in [0.2, 0.25) is 0 Å². The minimum absolute atomic E-state index is 0.802. The molecule has 0 aliphatic rings. The lowest BCUT2D eigenvalue weighted by Crippen LogP contribution is -2.04. The lowest BCUT2D eigenvalue weighted by molar-refractivity contribution is 0.546. The van der Waals surface area contributed by atoms with Crippen molar-refractivity contribution >= 4 is 0 Å². The van der Waals surface area contributed by atoms with Crippen molar-refractivity contribution in [2.24, 2.45) is 5.92 Å². The van der Waals surface area contributed by atoms with Crippen molar-refractivity contribution in [3.05, 3.63) is 5.92 Å². The molecule has 0 nitrogen and oxygen atoms in total. The van der Waals surface area contributed by atoms with E-state index in [1.807, 2.05) is 0 Å². The first-order valence-electron chi connectivity index (χ1n) is 4.56. The highest BCUT2D eigenvalue weighted by Crippen LogP contribution is 2.23. The highest BCUT2D eigenvalue weighted by molar-refractivity contribution is 4.90. The molecule has 0 aliphatic heterocycles. The van der Waals surface area contributed by atoms with Crippen LogP contribution in [-0.4, -0.2) is 0 Å². The van der Waals surface area contributed by atoms with E-state index >= 15 is 0 Å². The standard InChI is InChI=1S/C10H21/c1-5-7-8-10(6-2)9(3)4/h9H,5-8H2,1-4H3. The molecule has 0 spiro atoms. The molecule has 0 aliphatic carbocycles. The molecule has 0 unspecified atom stereocenters. The first-order chi connectivity index (χ1) is 4.72. The maximum Gasteiger partial charge on any atom is -0.0218 e. The van der Waals surface area contributed by atoms with Crippen molar-refractivity contribution in [2.75, 3.05) is 0 Å². The molecule has 0 heteroatoms. The molecular weight excluding hydrogens is 120 g/mol. The Kier molecular flexibility index (Phi) is 5.76. The molecule has 0 aromatic carbocycles. The minimum Gasteiger partial charge on any atom is -0.0654 e. The van der Waals surface area contributed by atoms with E-state index < -0.39 is 0 Å². The monoisotopic (exact) mass is 141 g/mol. The Balaban J connectivity index is 3.40. The summed E-state index contributed by atoms with van der Waals surface area (Å²) < 4.78 is 0. The first kappa shape index (κ1) is 10.0. The second-order valence-electron chi connectivity index (χ2n) is 3.27. The van der Waals surface area contributed by atoms with Gasteiger partial charge < -0.3 is 0 Å². The Morgan fingerprint density at radius 3 is 2.10 bits per heavy atom. The van der Waals surface area contributed by atoms with Crippen molar-refractivity contribution in [3.8, 4) is 0 Å². The van der Waals surface area contributed by atoms with Crippen LogP contribution >= 0.6 is 0 Å². The smallest absolute Gasteiger partial charge is 0.0218 e. The van der Waals surface area contributed by atoms with E-state index in [0.29, 0.717) is 0 Å². The molecule has 0 atom stereocenters. The SMILES string of the molecule is CCCC[C](CC)C(C)C. The highest BCUT2D eigenvalue weighted by atomic mass is 14.1. The van der Waals surface area contributed by atoms with E-state index in [1.54, 1.807) is 5.92 Å². The fourth-order valence-corrected chi connectivity index (χ4v) is 1.28. The van der Waals surface area contributed by atoms with Gasteiger partial charge in [0.25, 0.3) is 0 Å². The van der Waals surface area contributed by atoms with Crippen molar-refractivity contribution < 1.29 is 0 Å². The largest absolute Gasteiger partial charge is 0.0654 e. The van der Waals surface area contributed by atoms with Crippen LogP contribution in [0.4, 0.5) is 0 Å². The third-order valence-corrected chi connectivity index (χ3v) is 2.12. The molecule has 0 aromatic rings. The highest BCUT2D eigenvalue weighted by Gasteiger charge is 2.09. The molecule has 0 N–H and O–H groups in total. The van der Waals surface area contributed by atoms with Gasteiger partial charge in [-0.25, -0.2) is 0 Å². The topological polar surface area (TPSA) is 0 Å². The van der Waals surface area contributed by atoms with E-state index in [4.69, 9.17) is 0 Å². The van der Waals surface area contributed by atoms with Crippen LogP contribution in [0.2, 0.25) is 0 Å². The molecule has 0 heterocycles. The van der Waals surface area contributed by atoms with Crippen LogP contribution in [0.25, 0.3) is 0 Å². The summed E-state index contributed by atoms with van der Waals surface area (Å²) in [6, 6.07) is 0. The van der Waals surface area contributed by atoms with E-state index in [0.717, 1.165) is 5.92 Å². The van der Waals surface area contributed by atoms with Crippen LogP contribution in [0.1, 0.15) is 53.4 Å². The Labute approximate surface area is 66.0 Å². The van der Waals surface area contributed by atoms with Gasteiger partial charge in [-0.05, 0) is 24.7 Å². The second kappa shape index (κ2) is 5.76. The van der Waals surface area contributed by atoms with Gasteiger partial charge in [0.15, 0.2) is 0 Å². The van der Waals surface area contributed by atoms with Crippen molar-refractivity contribution in [1.29, 1.82) is 0 Å². The zero-order chi connectivity index (χ0) is 7.98. The average molecular weight is 141 g/mol. The molecule has 0 aromatic heterocycles. The quantitative estimate of drug-likeness (QED) is 0.546.